The molecule has 4 unspecified atom stereocenters. The van der Waals surface area contributed by atoms with Crippen LogP contribution in [0.1, 0.15) is 43.0 Å². The highest BCUT2D eigenvalue weighted by Crippen LogP contribution is 2.46. The molecular weight excluding hydrogens is 617 g/mol. The predicted molar refractivity (Wildman–Crippen MR) is 157 cm³/mol. The molecule has 14 heteroatoms. The molecule has 3 aliphatic rings. The van der Waals surface area contributed by atoms with Crippen molar-refractivity contribution >= 4 is 46.8 Å². The van der Waals surface area contributed by atoms with Crippen LogP contribution in [0.4, 0.5) is 24.8 Å². The van der Waals surface area contributed by atoms with E-state index < -0.39 is 60.9 Å². The number of hydrogen-bond donors (Lipinski definition) is 1. The summed E-state index contributed by atoms with van der Waals surface area (Å²) in [6.45, 7) is 0. The van der Waals surface area contributed by atoms with Crippen LogP contribution in [0.2, 0.25) is 5.02 Å². The maximum atomic E-state index is 15.0. The second-order valence-electron chi connectivity index (χ2n) is 10.9. The third-order valence-electron chi connectivity index (χ3n) is 7.93. The van der Waals surface area contributed by atoms with Crippen LogP contribution in [-0.2, 0) is 14.3 Å². The highest BCUT2D eigenvalue weighted by molar-refractivity contribution is 7.98. The first kappa shape index (κ1) is 30.2. The average Bonchev–Trinajstić information content (AvgIpc) is 3.67. The Morgan fingerprint density at radius 2 is 2.05 bits per heavy atom. The summed E-state index contributed by atoms with van der Waals surface area (Å²) in [5.74, 6) is -4.22. The lowest BCUT2D eigenvalue weighted by Gasteiger charge is -2.38. The van der Waals surface area contributed by atoms with Crippen molar-refractivity contribution in [2.24, 2.45) is 0 Å². The Labute approximate surface area is 260 Å². The summed E-state index contributed by atoms with van der Waals surface area (Å²) < 4.78 is 48.6. The third-order valence-corrected chi connectivity index (χ3v) is 8.99. The van der Waals surface area contributed by atoms with Crippen molar-refractivity contribution in [2.45, 2.75) is 67.0 Å². The molecule has 1 N–H and O–H groups in total. The van der Waals surface area contributed by atoms with Gasteiger partial charge in [-0.05, 0) is 43.0 Å². The monoisotopic (exact) mass is 642 g/mol. The Morgan fingerprint density at radius 3 is 2.75 bits per heavy atom. The van der Waals surface area contributed by atoms with Crippen molar-refractivity contribution in [3.05, 3.63) is 76.8 Å². The molecule has 44 heavy (non-hydrogen) atoms. The molecule has 6 rings (SSSR count). The van der Waals surface area contributed by atoms with Gasteiger partial charge in [0.15, 0.2) is 6.23 Å². The number of hydrogen-bond acceptors (Lipinski definition) is 8. The molecular formula is C30H26ClF3N6O3S. The number of nitrogens with one attached hydrogen (secondary N) is 1. The lowest BCUT2D eigenvalue weighted by molar-refractivity contribution is -0.130. The molecule has 2 amide bonds. The molecule has 0 radical (unpaired) electrons. The van der Waals surface area contributed by atoms with E-state index in [2.05, 4.69) is 15.3 Å². The van der Waals surface area contributed by atoms with E-state index in [0.717, 1.165) is 0 Å². The number of nitriles is 1. The number of anilines is 2. The summed E-state index contributed by atoms with van der Waals surface area (Å²) in [5, 5.41) is 12.3. The van der Waals surface area contributed by atoms with Gasteiger partial charge in [0.25, 0.3) is 5.92 Å². The summed E-state index contributed by atoms with van der Waals surface area (Å²) in [6.07, 6.45) is 1.24. The number of carbonyl (C=O) groups is 2. The molecule has 1 saturated carbocycles. The van der Waals surface area contributed by atoms with Crippen molar-refractivity contribution in [3.63, 3.8) is 0 Å². The summed E-state index contributed by atoms with van der Waals surface area (Å²) in [6, 6.07) is 11.8. The molecule has 2 aromatic carbocycles. The van der Waals surface area contributed by atoms with Crippen LogP contribution in [0.3, 0.4) is 0 Å². The molecule has 4 atom stereocenters. The second kappa shape index (κ2) is 11.9. The van der Waals surface area contributed by atoms with Crippen LogP contribution in [0, 0.1) is 17.1 Å². The highest BCUT2D eigenvalue weighted by atomic mass is 35.5. The van der Waals surface area contributed by atoms with Crippen molar-refractivity contribution in [2.75, 3.05) is 16.1 Å². The standard InChI is InChI=1S/C30H26ClF3N6O3S/c1-44-20-11-16(32)10-19(12-20)39(25(21-4-2-3-5-22(21)31)27(42)37-18-13-30(33,34)14-18)28-26(43-28)23-6-7-24(41)40(23)29-36-9-8-17(15-35)38-29/h2-5,8-12,18,23,25-26,28H,6-7,13-14H2,1H3,(H,37,42). The van der Waals surface area contributed by atoms with Gasteiger partial charge < -0.3 is 15.0 Å². The van der Waals surface area contributed by atoms with Gasteiger partial charge in [-0.25, -0.2) is 23.1 Å². The van der Waals surface area contributed by atoms with Gasteiger partial charge in [-0.3, -0.25) is 14.5 Å². The maximum absolute atomic E-state index is 15.0. The number of alkyl halides is 2. The molecule has 2 saturated heterocycles. The van der Waals surface area contributed by atoms with Gasteiger partial charge in [0, 0.05) is 52.7 Å². The SMILES string of the molecule is CSc1cc(F)cc(N(C(C(=O)NC2CC(F)(F)C2)c2ccccc2Cl)C2OC2C2CCC(=O)N2c2nccc(C#N)n2)c1. The third kappa shape index (κ3) is 5.94. The quantitative estimate of drug-likeness (QED) is 0.249. The molecule has 3 heterocycles. The Bertz CT molecular complexity index is 1650. The number of aromatic nitrogens is 2. The van der Waals surface area contributed by atoms with Crippen molar-refractivity contribution in [3.8, 4) is 6.07 Å². The first-order valence-electron chi connectivity index (χ1n) is 13.8. The zero-order valence-corrected chi connectivity index (χ0v) is 24.9. The summed E-state index contributed by atoms with van der Waals surface area (Å²) in [4.78, 5) is 39.0. The maximum Gasteiger partial charge on any atom is 0.252 e. The summed E-state index contributed by atoms with van der Waals surface area (Å²) in [5.41, 5.74) is 0.760. The van der Waals surface area contributed by atoms with Gasteiger partial charge in [-0.15, -0.1) is 11.8 Å². The number of halogens is 4. The van der Waals surface area contributed by atoms with E-state index in [0.29, 0.717) is 22.6 Å². The zero-order valence-electron chi connectivity index (χ0n) is 23.3. The van der Waals surface area contributed by atoms with Crippen molar-refractivity contribution in [1.29, 1.82) is 5.26 Å². The largest absolute Gasteiger partial charge is 0.351 e. The topological polar surface area (TPSA) is 115 Å². The van der Waals surface area contributed by atoms with E-state index in [1.54, 1.807) is 41.5 Å². The average molecular weight is 643 g/mol. The molecule has 1 aromatic heterocycles. The van der Waals surface area contributed by atoms with Crippen molar-refractivity contribution < 1.29 is 27.5 Å². The number of epoxide rings is 1. The van der Waals surface area contributed by atoms with Crippen molar-refractivity contribution in [1.82, 2.24) is 15.3 Å². The molecule has 3 fully saturated rings. The van der Waals surface area contributed by atoms with E-state index in [4.69, 9.17) is 16.3 Å². The fourth-order valence-electron chi connectivity index (χ4n) is 5.84. The molecule has 1 aliphatic carbocycles. The summed E-state index contributed by atoms with van der Waals surface area (Å²) in [7, 11) is 0. The number of rotatable bonds is 9. The lowest BCUT2D eigenvalue weighted by Crippen LogP contribution is -2.54. The number of nitrogens with zero attached hydrogens (tertiary/aromatic N) is 5. The summed E-state index contributed by atoms with van der Waals surface area (Å²) >= 11 is 7.92. The second-order valence-corrected chi connectivity index (χ2v) is 12.2. The van der Waals surface area contributed by atoms with Gasteiger partial charge in [0.05, 0.1) is 6.04 Å². The number of benzene rings is 2. The Kier molecular flexibility index (Phi) is 8.17. The van der Waals surface area contributed by atoms with Gasteiger partial charge in [0.2, 0.25) is 17.8 Å². The number of ether oxygens (including phenoxy) is 1. The van der Waals surface area contributed by atoms with Crippen LogP contribution in [0.15, 0.2) is 59.6 Å². The number of carbonyl (C=O) groups excluding carboxylic acids is 2. The first-order valence-corrected chi connectivity index (χ1v) is 15.4. The van der Waals surface area contributed by atoms with Crippen LogP contribution in [-0.4, -0.2) is 58.4 Å². The Hall–Kier alpha value is -3.86. The molecule has 0 spiro atoms. The molecule has 9 nitrogen and oxygen atoms in total. The van der Waals surface area contributed by atoms with E-state index >= 15 is 0 Å². The van der Waals surface area contributed by atoms with Crippen LogP contribution in [0.5, 0.6) is 0 Å². The minimum absolute atomic E-state index is 0.0547. The van der Waals surface area contributed by atoms with Crippen LogP contribution in [0.25, 0.3) is 0 Å². The van der Waals surface area contributed by atoms with Gasteiger partial charge in [-0.1, -0.05) is 29.8 Å². The zero-order chi connectivity index (χ0) is 31.2. The normalized spacial score (nSPS) is 23.0. The molecule has 3 aromatic rings. The van der Waals surface area contributed by atoms with E-state index in [-0.39, 0.29) is 29.0 Å². The molecule has 2 aliphatic heterocycles. The van der Waals surface area contributed by atoms with Gasteiger partial charge in [-0.2, -0.15) is 5.26 Å². The fourth-order valence-corrected chi connectivity index (χ4v) is 6.55. The van der Waals surface area contributed by atoms with Gasteiger partial charge >= 0.3 is 0 Å². The van der Waals surface area contributed by atoms with E-state index in [1.165, 1.54) is 41.1 Å². The number of amides is 2. The molecule has 228 valence electrons. The highest BCUT2D eigenvalue weighted by Gasteiger charge is 2.57. The Balaban J connectivity index is 1.40. The first-order chi connectivity index (χ1) is 21.1. The smallest absolute Gasteiger partial charge is 0.252 e. The fraction of sp³-hybridized carbons (Fsp3) is 0.367. The van der Waals surface area contributed by atoms with E-state index in [1.807, 2.05) is 6.07 Å². The Morgan fingerprint density at radius 1 is 1.27 bits per heavy atom. The van der Waals surface area contributed by atoms with Crippen LogP contribution >= 0.6 is 23.4 Å². The predicted octanol–water partition coefficient (Wildman–Crippen LogP) is 5.24. The van der Waals surface area contributed by atoms with Crippen LogP contribution < -0.4 is 15.1 Å². The number of thioether (sulfide) groups is 1. The molecule has 0 bridgehead atoms. The lowest BCUT2D eigenvalue weighted by atomic mass is 9.87. The van der Waals surface area contributed by atoms with E-state index in [9.17, 15) is 28.0 Å². The minimum atomic E-state index is -2.86. The van der Waals surface area contributed by atoms with Gasteiger partial charge in [0.1, 0.15) is 29.7 Å². The minimum Gasteiger partial charge on any atom is -0.351 e.